The molecule has 0 radical (unpaired) electrons. The monoisotopic (exact) mass is 318 g/mol. The minimum absolute atomic E-state index is 0.377. The van der Waals surface area contributed by atoms with Gasteiger partial charge in [0, 0.05) is 27.7 Å². The Kier molecular flexibility index (Phi) is 5.11. The second-order valence-electron chi connectivity index (χ2n) is 4.64. The molecule has 1 aromatic carbocycles. The zero-order valence-electron chi connectivity index (χ0n) is 11.4. The first-order valence-electron chi connectivity index (χ1n) is 6.67. The molecule has 0 amide bonds. The molecule has 0 saturated carbocycles. The van der Waals surface area contributed by atoms with E-state index in [1.165, 1.54) is 0 Å². The smallest absolute Gasteiger partial charge is 0.0785 e. The Morgan fingerprint density at radius 3 is 3.00 bits per heavy atom. The molecule has 1 aromatic heterocycles. The summed E-state index contributed by atoms with van der Waals surface area (Å²) in [6, 6.07) is 8.60. The number of pyridine rings is 1. The second kappa shape index (κ2) is 6.83. The van der Waals surface area contributed by atoms with E-state index in [1.807, 2.05) is 12.3 Å². The zero-order valence-corrected chi connectivity index (χ0v) is 12.9. The van der Waals surface area contributed by atoms with E-state index in [1.54, 1.807) is 0 Å². The van der Waals surface area contributed by atoms with E-state index >= 15 is 0 Å². The lowest BCUT2D eigenvalue weighted by Gasteiger charge is -2.08. The Bertz CT molecular complexity index is 578. The topological polar surface area (TPSA) is 24.9 Å². The van der Waals surface area contributed by atoms with Crippen molar-refractivity contribution in [2.75, 3.05) is 6.54 Å². The number of benzene rings is 1. The van der Waals surface area contributed by atoms with Crippen LogP contribution in [0.4, 0.5) is 0 Å². The minimum Gasteiger partial charge on any atom is -0.311 e. The Morgan fingerprint density at radius 1 is 1.37 bits per heavy atom. The van der Waals surface area contributed by atoms with Gasteiger partial charge in [-0.1, -0.05) is 47.1 Å². The summed E-state index contributed by atoms with van der Waals surface area (Å²) in [7, 11) is 0. The minimum atomic E-state index is 0.377. The van der Waals surface area contributed by atoms with E-state index in [2.05, 4.69) is 70.4 Å². The Morgan fingerprint density at radius 2 is 2.21 bits per heavy atom. The van der Waals surface area contributed by atoms with Crippen LogP contribution < -0.4 is 5.32 Å². The van der Waals surface area contributed by atoms with Crippen molar-refractivity contribution < 1.29 is 0 Å². The summed E-state index contributed by atoms with van der Waals surface area (Å²) in [4.78, 5) is 4.48. The molecule has 2 nitrogen and oxygen atoms in total. The third-order valence-electron chi connectivity index (χ3n) is 3.03. The molecule has 100 valence electrons. The summed E-state index contributed by atoms with van der Waals surface area (Å²) in [6.07, 6.45) is 7.33. The predicted molar refractivity (Wildman–Crippen MR) is 86.2 cm³/mol. The van der Waals surface area contributed by atoms with E-state index < -0.39 is 0 Å². The third kappa shape index (κ3) is 3.64. The molecule has 1 heterocycles. The molecule has 1 N–H and O–H groups in total. The summed E-state index contributed by atoms with van der Waals surface area (Å²) in [5.74, 6) is 0. The summed E-state index contributed by atoms with van der Waals surface area (Å²) < 4.78 is 1.09. The second-order valence-corrected chi connectivity index (χ2v) is 5.49. The van der Waals surface area contributed by atoms with Crippen molar-refractivity contribution in [2.24, 2.45) is 0 Å². The highest BCUT2D eigenvalue weighted by Gasteiger charge is 2.03. The van der Waals surface area contributed by atoms with Crippen LogP contribution in [-0.2, 0) is 0 Å². The average molecular weight is 319 g/mol. The summed E-state index contributed by atoms with van der Waals surface area (Å²) in [6.45, 7) is 5.39. The number of fused-ring (bicyclic) bond motifs is 1. The number of halogens is 1. The maximum atomic E-state index is 4.48. The highest BCUT2D eigenvalue weighted by atomic mass is 79.9. The Balaban J connectivity index is 2.26. The van der Waals surface area contributed by atoms with Crippen LogP contribution in [0.15, 0.2) is 41.0 Å². The lowest BCUT2D eigenvalue weighted by molar-refractivity contribution is 0.625. The van der Waals surface area contributed by atoms with Gasteiger partial charge in [-0.2, -0.15) is 0 Å². The van der Waals surface area contributed by atoms with Gasteiger partial charge in [0.05, 0.1) is 5.52 Å². The van der Waals surface area contributed by atoms with Gasteiger partial charge >= 0.3 is 0 Å². The molecule has 0 aliphatic heterocycles. The molecular weight excluding hydrogens is 300 g/mol. The number of hydrogen-bond donors (Lipinski definition) is 1. The van der Waals surface area contributed by atoms with Crippen molar-refractivity contribution in [3.05, 3.63) is 46.6 Å². The Labute approximate surface area is 123 Å². The fraction of sp³-hybridized carbons (Fsp3) is 0.312. The fourth-order valence-electron chi connectivity index (χ4n) is 1.98. The van der Waals surface area contributed by atoms with E-state index in [9.17, 15) is 0 Å². The van der Waals surface area contributed by atoms with E-state index in [0.717, 1.165) is 33.9 Å². The first kappa shape index (κ1) is 14.2. The van der Waals surface area contributed by atoms with Crippen molar-refractivity contribution in [1.82, 2.24) is 10.3 Å². The quantitative estimate of drug-likeness (QED) is 0.883. The molecule has 0 aliphatic rings. The summed E-state index contributed by atoms with van der Waals surface area (Å²) >= 11 is 3.57. The van der Waals surface area contributed by atoms with Crippen LogP contribution in [0.3, 0.4) is 0 Å². The average Bonchev–Trinajstić information content (AvgIpc) is 2.45. The molecule has 2 rings (SSSR count). The van der Waals surface area contributed by atoms with Gasteiger partial charge < -0.3 is 5.32 Å². The fourth-order valence-corrected chi connectivity index (χ4v) is 2.43. The molecule has 0 saturated heterocycles. The van der Waals surface area contributed by atoms with Gasteiger partial charge in [-0.25, -0.2) is 0 Å². The highest BCUT2D eigenvalue weighted by Crippen LogP contribution is 2.25. The van der Waals surface area contributed by atoms with E-state index in [0.29, 0.717) is 6.04 Å². The van der Waals surface area contributed by atoms with Gasteiger partial charge in [-0.05, 0) is 32.0 Å². The lowest BCUT2D eigenvalue weighted by atomic mass is 10.1. The van der Waals surface area contributed by atoms with Crippen molar-refractivity contribution in [3.63, 3.8) is 0 Å². The van der Waals surface area contributed by atoms with Gasteiger partial charge in [0.25, 0.3) is 0 Å². The Hall–Kier alpha value is -1.19. The number of aromatic nitrogens is 1. The molecule has 19 heavy (non-hydrogen) atoms. The number of nitrogens with one attached hydrogen (secondary N) is 1. The van der Waals surface area contributed by atoms with Crippen LogP contribution in [0.5, 0.6) is 0 Å². The van der Waals surface area contributed by atoms with Crippen molar-refractivity contribution in [2.45, 2.75) is 26.3 Å². The van der Waals surface area contributed by atoms with Crippen LogP contribution in [-0.4, -0.2) is 17.6 Å². The maximum absolute atomic E-state index is 4.48. The SMILES string of the molecule is CCCNC(C)/C=C/c1ccc(Br)c2cccnc12. The lowest BCUT2D eigenvalue weighted by Crippen LogP contribution is -2.24. The third-order valence-corrected chi connectivity index (χ3v) is 3.72. The predicted octanol–water partition coefficient (Wildman–Crippen LogP) is 4.40. The number of hydrogen-bond acceptors (Lipinski definition) is 2. The molecule has 0 fully saturated rings. The standard InChI is InChI=1S/C16H19BrN2/c1-3-10-18-12(2)6-7-13-8-9-15(17)14-5-4-11-19-16(13)14/h4-9,11-12,18H,3,10H2,1-2H3/b7-6+. The summed E-state index contributed by atoms with van der Waals surface area (Å²) in [5, 5.41) is 4.60. The van der Waals surface area contributed by atoms with Crippen molar-refractivity contribution in [3.8, 4) is 0 Å². The van der Waals surface area contributed by atoms with Crippen molar-refractivity contribution >= 4 is 32.9 Å². The van der Waals surface area contributed by atoms with Gasteiger partial charge in [0.1, 0.15) is 0 Å². The van der Waals surface area contributed by atoms with Gasteiger partial charge in [0.15, 0.2) is 0 Å². The molecule has 1 unspecified atom stereocenters. The molecule has 3 heteroatoms. The van der Waals surface area contributed by atoms with Crippen LogP contribution in [0.1, 0.15) is 25.8 Å². The zero-order chi connectivity index (χ0) is 13.7. The molecule has 0 bridgehead atoms. The van der Waals surface area contributed by atoms with Crippen LogP contribution >= 0.6 is 15.9 Å². The maximum Gasteiger partial charge on any atom is 0.0785 e. The first-order valence-corrected chi connectivity index (χ1v) is 7.46. The highest BCUT2D eigenvalue weighted by molar-refractivity contribution is 9.10. The largest absolute Gasteiger partial charge is 0.311 e. The van der Waals surface area contributed by atoms with Crippen molar-refractivity contribution in [1.29, 1.82) is 0 Å². The van der Waals surface area contributed by atoms with Crippen LogP contribution in [0.2, 0.25) is 0 Å². The van der Waals surface area contributed by atoms with Gasteiger partial charge in [-0.15, -0.1) is 0 Å². The molecule has 2 aromatic rings. The van der Waals surface area contributed by atoms with Crippen LogP contribution in [0, 0.1) is 0 Å². The first-order chi connectivity index (χ1) is 9.22. The molecule has 0 aliphatic carbocycles. The van der Waals surface area contributed by atoms with E-state index in [4.69, 9.17) is 0 Å². The van der Waals surface area contributed by atoms with Gasteiger partial charge in [0.2, 0.25) is 0 Å². The normalized spacial score (nSPS) is 13.2. The molecular formula is C16H19BrN2. The molecule has 1 atom stereocenters. The molecule has 0 spiro atoms. The van der Waals surface area contributed by atoms with Crippen LogP contribution in [0.25, 0.3) is 17.0 Å². The van der Waals surface area contributed by atoms with E-state index in [-0.39, 0.29) is 0 Å². The number of rotatable bonds is 5. The van der Waals surface area contributed by atoms with Gasteiger partial charge in [-0.3, -0.25) is 4.98 Å². The summed E-state index contributed by atoms with van der Waals surface area (Å²) in [5.41, 5.74) is 2.19. The number of nitrogens with zero attached hydrogens (tertiary/aromatic N) is 1.